The molecule has 2 aromatic rings. The maximum Gasteiger partial charge on any atom is 0.191 e. The highest BCUT2D eigenvalue weighted by Crippen LogP contribution is 2.19. The molecule has 0 atom stereocenters. The van der Waals surface area contributed by atoms with Crippen molar-refractivity contribution in [2.75, 3.05) is 20.7 Å². The zero-order valence-corrected chi connectivity index (χ0v) is 17.7. The Morgan fingerprint density at radius 2 is 2.08 bits per heavy atom. The van der Waals surface area contributed by atoms with E-state index in [4.69, 9.17) is 4.74 Å². The molecule has 1 heterocycles. The topological polar surface area (TPSA) is 58.5 Å². The molecule has 1 aromatic heterocycles. The van der Waals surface area contributed by atoms with Crippen LogP contribution >= 0.6 is 35.3 Å². The van der Waals surface area contributed by atoms with E-state index >= 15 is 0 Å². The summed E-state index contributed by atoms with van der Waals surface area (Å²) in [6.07, 6.45) is 2.77. The lowest BCUT2D eigenvalue weighted by Gasteiger charge is -2.13. The van der Waals surface area contributed by atoms with Crippen molar-refractivity contribution < 1.29 is 4.74 Å². The van der Waals surface area contributed by atoms with Crippen molar-refractivity contribution in [1.29, 1.82) is 0 Å². The van der Waals surface area contributed by atoms with Crippen LogP contribution < -0.4 is 15.4 Å². The standard InChI is InChI=1S/C17H24N4OS.HI/c1-12-5-6-15(22-4)14(9-12)7-8-19-17(18-3)21-11-16-20-10-13(2)23-16;/h5-6,9-10H,7-8,11H2,1-4H3,(H2,18,19,21);1H. The first-order valence-corrected chi connectivity index (χ1v) is 8.43. The zero-order valence-electron chi connectivity index (χ0n) is 14.5. The van der Waals surface area contributed by atoms with E-state index in [1.165, 1.54) is 16.0 Å². The predicted octanol–water partition coefficient (Wildman–Crippen LogP) is 3.29. The molecule has 1 aromatic carbocycles. The molecule has 0 bridgehead atoms. The number of thiazole rings is 1. The molecule has 24 heavy (non-hydrogen) atoms. The van der Waals surface area contributed by atoms with Gasteiger partial charge in [-0.3, -0.25) is 4.99 Å². The number of aromatic nitrogens is 1. The van der Waals surface area contributed by atoms with Gasteiger partial charge in [0.05, 0.1) is 13.7 Å². The van der Waals surface area contributed by atoms with Crippen molar-refractivity contribution >= 4 is 41.3 Å². The van der Waals surface area contributed by atoms with Crippen LogP contribution in [0.4, 0.5) is 0 Å². The molecule has 7 heteroatoms. The molecular weight excluding hydrogens is 435 g/mol. The Hall–Kier alpha value is -1.35. The summed E-state index contributed by atoms with van der Waals surface area (Å²) in [5, 5.41) is 7.67. The monoisotopic (exact) mass is 460 g/mol. The molecule has 0 radical (unpaired) electrons. The minimum absolute atomic E-state index is 0. The largest absolute Gasteiger partial charge is 0.496 e. The molecule has 0 fully saturated rings. The number of hydrogen-bond donors (Lipinski definition) is 2. The third-order valence-corrected chi connectivity index (χ3v) is 4.34. The van der Waals surface area contributed by atoms with Crippen molar-refractivity contribution in [3.8, 4) is 5.75 Å². The summed E-state index contributed by atoms with van der Waals surface area (Å²) in [6, 6.07) is 6.24. The number of ether oxygens (including phenoxy) is 1. The average molecular weight is 460 g/mol. The fourth-order valence-electron chi connectivity index (χ4n) is 2.28. The Morgan fingerprint density at radius 3 is 2.71 bits per heavy atom. The minimum atomic E-state index is 0. The summed E-state index contributed by atoms with van der Waals surface area (Å²) in [5.41, 5.74) is 2.44. The fourth-order valence-corrected chi connectivity index (χ4v) is 3.01. The number of methoxy groups -OCH3 is 1. The van der Waals surface area contributed by atoms with Gasteiger partial charge in [-0.05, 0) is 31.9 Å². The van der Waals surface area contributed by atoms with Gasteiger partial charge < -0.3 is 15.4 Å². The van der Waals surface area contributed by atoms with Crippen LogP contribution in [0, 0.1) is 13.8 Å². The lowest BCUT2D eigenvalue weighted by molar-refractivity contribution is 0.409. The van der Waals surface area contributed by atoms with E-state index in [2.05, 4.69) is 46.6 Å². The Labute approximate surface area is 165 Å². The lowest BCUT2D eigenvalue weighted by atomic mass is 10.1. The highest BCUT2D eigenvalue weighted by atomic mass is 127. The van der Waals surface area contributed by atoms with Gasteiger partial charge >= 0.3 is 0 Å². The summed E-state index contributed by atoms with van der Waals surface area (Å²) in [5.74, 6) is 1.71. The number of rotatable bonds is 6. The van der Waals surface area contributed by atoms with Crippen molar-refractivity contribution in [2.24, 2.45) is 4.99 Å². The molecule has 0 aliphatic heterocycles. The number of benzene rings is 1. The zero-order chi connectivity index (χ0) is 16.7. The molecule has 0 aliphatic carbocycles. The van der Waals surface area contributed by atoms with Crippen LogP contribution in [-0.2, 0) is 13.0 Å². The van der Waals surface area contributed by atoms with Crippen LogP contribution in [0.15, 0.2) is 29.4 Å². The smallest absolute Gasteiger partial charge is 0.191 e. The van der Waals surface area contributed by atoms with E-state index in [-0.39, 0.29) is 24.0 Å². The maximum absolute atomic E-state index is 5.41. The fraction of sp³-hybridized carbons (Fsp3) is 0.412. The van der Waals surface area contributed by atoms with Crippen LogP contribution in [0.5, 0.6) is 5.75 Å². The molecule has 0 spiro atoms. The van der Waals surface area contributed by atoms with Gasteiger partial charge in [0.25, 0.3) is 0 Å². The first-order chi connectivity index (χ1) is 11.1. The molecule has 132 valence electrons. The van der Waals surface area contributed by atoms with Gasteiger partial charge in [0.15, 0.2) is 5.96 Å². The van der Waals surface area contributed by atoms with Crippen molar-refractivity contribution in [1.82, 2.24) is 15.6 Å². The molecular formula is C17H25IN4OS. The number of halogens is 1. The first kappa shape index (κ1) is 20.7. The van der Waals surface area contributed by atoms with E-state index in [0.717, 1.165) is 29.7 Å². The SMILES string of the molecule is CN=C(NCCc1cc(C)ccc1OC)NCc1ncc(C)s1.I. The van der Waals surface area contributed by atoms with Crippen LogP contribution in [0.3, 0.4) is 0 Å². The van der Waals surface area contributed by atoms with Crippen molar-refractivity contribution in [3.05, 3.63) is 45.4 Å². The Morgan fingerprint density at radius 1 is 1.29 bits per heavy atom. The molecule has 2 N–H and O–H groups in total. The second kappa shape index (κ2) is 10.5. The highest BCUT2D eigenvalue weighted by molar-refractivity contribution is 14.0. The van der Waals surface area contributed by atoms with Gasteiger partial charge in [-0.1, -0.05) is 17.7 Å². The van der Waals surface area contributed by atoms with Crippen molar-refractivity contribution in [2.45, 2.75) is 26.8 Å². The minimum Gasteiger partial charge on any atom is -0.496 e. The number of nitrogens with one attached hydrogen (secondary N) is 2. The normalized spacial score (nSPS) is 10.9. The molecule has 0 amide bonds. The summed E-state index contributed by atoms with van der Waals surface area (Å²) >= 11 is 1.69. The number of aryl methyl sites for hydroxylation is 2. The van der Waals surface area contributed by atoms with Crippen LogP contribution in [0.1, 0.15) is 21.0 Å². The number of nitrogens with zero attached hydrogens (tertiary/aromatic N) is 2. The lowest BCUT2D eigenvalue weighted by Crippen LogP contribution is -2.37. The predicted molar refractivity (Wildman–Crippen MR) is 112 cm³/mol. The molecule has 2 rings (SSSR count). The van der Waals surface area contributed by atoms with Crippen LogP contribution in [0.25, 0.3) is 0 Å². The number of aliphatic imine (C=N–C) groups is 1. The number of hydrogen-bond acceptors (Lipinski definition) is 4. The Bertz CT molecular complexity index is 672. The van der Waals surface area contributed by atoms with Crippen molar-refractivity contribution in [3.63, 3.8) is 0 Å². The number of guanidine groups is 1. The molecule has 0 saturated heterocycles. The summed E-state index contributed by atoms with van der Waals surface area (Å²) in [7, 11) is 3.48. The highest BCUT2D eigenvalue weighted by Gasteiger charge is 2.05. The molecule has 5 nitrogen and oxygen atoms in total. The summed E-state index contributed by atoms with van der Waals surface area (Å²) < 4.78 is 5.41. The van der Waals surface area contributed by atoms with E-state index in [0.29, 0.717) is 6.54 Å². The van der Waals surface area contributed by atoms with Crippen LogP contribution in [-0.4, -0.2) is 31.6 Å². The Kier molecular flexibility index (Phi) is 9.05. The molecule has 0 aliphatic rings. The third-order valence-electron chi connectivity index (χ3n) is 3.42. The average Bonchev–Trinajstić information content (AvgIpc) is 2.96. The van der Waals surface area contributed by atoms with Gasteiger partial charge in [0.2, 0.25) is 0 Å². The van der Waals surface area contributed by atoms with E-state index in [9.17, 15) is 0 Å². The summed E-state index contributed by atoms with van der Waals surface area (Å²) in [6.45, 7) is 5.62. The van der Waals surface area contributed by atoms with Gasteiger partial charge in [0.1, 0.15) is 10.8 Å². The molecule has 0 saturated carbocycles. The van der Waals surface area contributed by atoms with E-state index in [1.807, 2.05) is 12.3 Å². The second-order valence-corrected chi connectivity index (χ2v) is 6.60. The molecule has 0 unspecified atom stereocenters. The van der Waals surface area contributed by atoms with Gasteiger partial charge in [-0.25, -0.2) is 4.98 Å². The van der Waals surface area contributed by atoms with Gasteiger partial charge in [-0.2, -0.15) is 0 Å². The first-order valence-electron chi connectivity index (χ1n) is 7.61. The van der Waals surface area contributed by atoms with E-state index in [1.54, 1.807) is 25.5 Å². The Balaban J connectivity index is 0.00000288. The quantitative estimate of drug-likeness (QED) is 0.395. The maximum atomic E-state index is 5.41. The van der Waals surface area contributed by atoms with Gasteiger partial charge in [-0.15, -0.1) is 35.3 Å². The second-order valence-electron chi connectivity index (χ2n) is 5.28. The van der Waals surface area contributed by atoms with E-state index < -0.39 is 0 Å². The summed E-state index contributed by atoms with van der Waals surface area (Å²) in [4.78, 5) is 9.80. The third kappa shape index (κ3) is 6.27. The van der Waals surface area contributed by atoms with Crippen LogP contribution in [0.2, 0.25) is 0 Å². The van der Waals surface area contributed by atoms with Gasteiger partial charge in [0, 0.05) is 24.7 Å².